The van der Waals surface area contributed by atoms with Crippen LogP contribution in [0.4, 0.5) is 18.0 Å². The number of nitrogens with zero attached hydrogens (tertiary/aromatic N) is 2. The van der Waals surface area contributed by atoms with Crippen molar-refractivity contribution in [2.45, 2.75) is 32.5 Å². The second-order valence-corrected chi connectivity index (χ2v) is 7.41. The predicted molar refractivity (Wildman–Crippen MR) is 96.8 cm³/mol. The lowest BCUT2D eigenvalue weighted by molar-refractivity contribution is -0.140. The van der Waals surface area contributed by atoms with Gasteiger partial charge in [-0.3, -0.25) is 9.55 Å². The number of hydrogen-bond acceptors (Lipinski definition) is 3. The lowest BCUT2D eigenvalue weighted by Crippen LogP contribution is -2.26. The molecule has 0 N–H and O–H groups in total. The van der Waals surface area contributed by atoms with E-state index in [1.807, 2.05) is 0 Å². The van der Waals surface area contributed by atoms with E-state index in [4.69, 9.17) is 16.3 Å². The van der Waals surface area contributed by atoms with E-state index >= 15 is 0 Å². The second kappa shape index (κ2) is 6.56. The van der Waals surface area contributed by atoms with Crippen molar-refractivity contribution >= 4 is 28.5 Å². The molecule has 1 aromatic carbocycles. The molecule has 2 heterocycles. The molecule has 142 valence electrons. The summed E-state index contributed by atoms with van der Waals surface area (Å²) in [5, 5.41) is 1.20. The molecule has 0 spiro atoms. The maximum Gasteiger partial charge on any atom is 0.434 e. The van der Waals surface area contributed by atoms with E-state index in [1.165, 1.54) is 29.0 Å². The molecule has 3 rings (SSSR count). The summed E-state index contributed by atoms with van der Waals surface area (Å²) in [6.45, 7) is 5.24. The molecule has 0 radical (unpaired) electrons. The van der Waals surface area contributed by atoms with Crippen molar-refractivity contribution in [3.63, 3.8) is 0 Å². The van der Waals surface area contributed by atoms with Gasteiger partial charge in [0.25, 0.3) is 0 Å². The summed E-state index contributed by atoms with van der Waals surface area (Å²) in [5.41, 5.74) is -1.65. The summed E-state index contributed by atoms with van der Waals surface area (Å²) in [4.78, 5) is 15.6. The van der Waals surface area contributed by atoms with Gasteiger partial charge >= 0.3 is 12.3 Å². The molecule has 0 atom stereocenters. The highest BCUT2D eigenvalue weighted by Crippen LogP contribution is 2.40. The van der Waals surface area contributed by atoms with E-state index in [2.05, 4.69) is 4.98 Å². The number of carbonyl (C=O) groups is 1. The highest BCUT2D eigenvalue weighted by atomic mass is 35.5. The van der Waals surface area contributed by atoms with Crippen molar-refractivity contribution in [3.05, 3.63) is 53.6 Å². The van der Waals surface area contributed by atoms with E-state index in [-0.39, 0.29) is 16.1 Å². The average Bonchev–Trinajstić information content (AvgIpc) is 2.95. The minimum Gasteiger partial charge on any atom is -0.443 e. The normalized spacial score (nSPS) is 12.4. The molecule has 0 fully saturated rings. The molecule has 2 aromatic heterocycles. The number of hydrogen-bond donors (Lipinski definition) is 0. The minimum absolute atomic E-state index is 0.0525. The Morgan fingerprint density at radius 2 is 1.78 bits per heavy atom. The Labute approximate surface area is 158 Å². The van der Waals surface area contributed by atoms with Gasteiger partial charge < -0.3 is 4.74 Å². The number of alkyl halides is 3. The number of carbonyl (C=O) groups excluding carboxylic acids is 1. The van der Waals surface area contributed by atoms with Gasteiger partial charge in [-0.05, 0) is 38.5 Å². The fourth-order valence-electron chi connectivity index (χ4n) is 2.64. The molecule has 27 heavy (non-hydrogen) atoms. The molecule has 3 aromatic rings. The summed E-state index contributed by atoms with van der Waals surface area (Å²) >= 11 is 6.03. The van der Waals surface area contributed by atoms with E-state index in [0.29, 0.717) is 10.8 Å². The molecular formula is C19H16ClF3N2O2. The Hall–Kier alpha value is -2.54. The summed E-state index contributed by atoms with van der Waals surface area (Å²) in [7, 11) is 0. The number of rotatable bonds is 1. The van der Waals surface area contributed by atoms with Crippen LogP contribution in [0.5, 0.6) is 0 Å². The van der Waals surface area contributed by atoms with Crippen molar-refractivity contribution < 1.29 is 22.7 Å². The van der Waals surface area contributed by atoms with Crippen LogP contribution in [0.25, 0.3) is 21.9 Å². The quantitative estimate of drug-likeness (QED) is 0.495. The zero-order valence-electron chi connectivity index (χ0n) is 14.8. The van der Waals surface area contributed by atoms with E-state index in [9.17, 15) is 18.0 Å². The number of fused-ring (bicyclic) bond motifs is 1. The SMILES string of the molecule is CC(C)(C)OC(=O)n1cc2ccc(-c3c(Cl)ccnc3C(F)(F)F)cc2c1. The number of benzene rings is 1. The smallest absolute Gasteiger partial charge is 0.434 e. The zero-order chi connectivity index (χ0) is 20.0. The molecule has 0 bridgehead atoms. The van der Waals surface area contributed by atoms with Crippen LogP contribution in [0.1, 0.15) is 26.5 Å². The summed E-state index contributed by atoms with van der Waals surface area (Å²) in [6, 6.07) is 5.98. The van der Waals surface area contributed by atoms with Gasteiger partial charge in [0.1, 0.15) is 5.60 Å². The lowest BCUT2D eigenvalue weighted by Gasteiger charge is -2.19. The van der Waals surface area contributed by atoms with Crippen LogP contribution in [0.2, 0.25) is 5.02 Å². The van der Waals surface area contributed by atoms with Crippen LogP contribution in [0.15, 0.2) is 42.9 Å². The van der Waals surface area contributed by atoms with Crippen molar-refractivity contribution in [3.8, 4) is 11.1 Å². The van der Waals surface area contributed by atoms with Gasteiger partial charge in [0, 0.05) is 34.9 Å². The Bertz CT molecular complexity index is 1020. The standard InChI is InChI=1S/C19H16ClF3N2O2/c1-18(2,3)27-17(26)25-9-12-5-4-11(8-13(12)10-25)15-14(20)6-7-24-16(15)19(21,22)23/h4-10H,1-3H3. The van der Waals surface area contributed by atoms with E-state index in [1.54, 1.807) is 33.0 Å². The van der Waals surface area contributed by atoms with Crippen molar-refractivity contribution in [1.82, 2.24) is 9.55 Å². The van der Waals surface area contributed by atoms with Gasteiger partial charge in [0.05, 0.1) is 5.02 Å². The third-order valence-corrected chi connectivity index (χ3v) is 4.02. The third kappa shape index (κ3) is 4.08. The van der Waals surface area contributed by atoms with Gasteiger partial charge in [0.15, 0.2) is 5.69 Å². The number of ether oxygens (including phenoxy) is 1. The van der Waals surface area contributed by atoms with Crippen molar-refractivity contribution in [2.75, 3.05) is 0 Å². The van der Waals surface area contributed by atoms with Crippen LogP contribution in [0.3, 0.4) is 0 Å². The molecule has 0 amide bonds. The molecule has 0 unspecified atom stereocenters. The molecular weight excluding hydrogens is 381 g/mol. The third-order valence-electron chi connectivity index (χ3n) is 3.70. The zero-order valence-corrected chi connectivity index (χ0v) is 15.5. The largest absolute Gasteiger partial charge is 0.443 e. The first kappa shape index (κ1) is 19.2. The Balaban J connectivity index is 2.08. The first-order valence-electron chi connectivity index (χ1n) is 8.03. The van der Waals surface area contributed by atoms with Crippen molar-refractivity contribution in [2.24, 2.45) is 0 Å². The molecule has 8 heteroatoms. The predicted octanol–water partition coefficient (Wildman–Crippen LogP) is 6.16. The fourth-order valence-corrected chi connectivity index (χ4v) is 2.90. The molecule has 0 aliphatic carbocycles. The molecule has 0 saturated carbocycles. The van der Waals surface area contributed by atoms with Gasteiger partial charge in [-0.25, -0.2) is 4.79 Å². The van der Waals surface area contributed by atoms with Crippen molar-refractivity contribution in [1.29, 1.82) is 0 Å². The highest BCUT2D eigenvalue weighted by Gasteiger charge is 2.36. The van der Waals surface area contributed by atoms with Crippen LogP contribution in [0, 0.1) is 0 Å². The Morgan fingerprint density at radius 3 is 2.41 bits per heavy atom. The highest BCUT2D eigenvalue weighted by molar-refractivity contribution is 6.33. The van der Waals surface area contributed by atoms with Crippen LogP contribution < -0.4 is 0 Å². The Kier molecular flexibility index (Phi) is 4.67. The monoisotopic (exact) mass is 396 g/mol. The number of pyridine rings is 1. The van der Waals surface area contributed by atoms with E-state index < -0.39 is 23.6 Å². The van der Waals surface area contributed by atoms with Crippen LogP contribution >= 0.6 is 11.6 Å². The first-order valence-corrected chi connectivity index (χ1v) is 8.41. The molecule has 4 nitrogen and oxygen atoms in total. The van der Waals surface area contributed by atoms with Gasteiger partial charge in [0.2, 0.25) is 0 Å². The molecule has 0 saturated heterocycles. The average molecular weight is 397 g/mol. The topological polar surface area (TPSA) is 44.1 Å². The summed E-state index contributed by atoms with van der Waals surface area (Å²) in [5.74, 6) is 0. The fraction of sp³-hybridized carbons (Fsp3) is 0.263. The van der Waals surface area contributed by atoms with Gasteiger partial charge in [-0.1, -0.05) is 23.7 Å². The van der Waals surface area contributed by atoms with Crippen LogP contribution in [-0.4, -0.2) is 21.2 Å². The van der Waals surface area contributed by atoms with Gasteiger partial charge in [-0.2, -0.15) is 13.2 Å². The van der Waals surface area contributed by atoms with Gasteiger partial charge in [-0.15, -0.1) is 0 Å². The Morgan fingerprint density at radius 1 is 1.11 bits per heavy atom. The number of aromatic nitrogens is 2. The lowest BCUT2D eigenvalue weighted by atomic mass is 10.0. The molecule has 0 aliphatic heterocycles. The summed E-state index contributed by atoms with van der Waals surface area (Å²) in [6.07, 6.45) is -1.13. The minimum atomic E-state index is -4.64. The summed E-state index contributed by atoms with van der Waals surface area (Å²) < 4.78 is 46.5. The second-order valence-electron chi connectivity index (χ2n) is 7.00. The number of halogens is 4. The van der Waals surface area contributed by atoms with Crippen LogP contribution in [-0.2, 0) is 10.9 Å². The maximum absolute atomic E-state index is 13.3. The molecule has 0 aliphatic rings. The maximum atomic E-state index is 13.3. The van der Waals surface area contributed by atoms with E-state index in [0.717, 1.165) is 6.20 Å². The first-order chi connectivity index (χ1) is 12.5.